The van der Waals surface area contributed by atoms with Gasteiger partial charge < -0.3 is 15.0 Å². The van der Waals surface area contributed by atoms with Gasteiger partial charge in [0.05, 0.1) is 13.7 Å². The van der Waals surface area contributed by atoms with Gasteiger partial charge in [-0.05, 0) is 19.1 Å². The molecule has 17 heavy (non-hydrogen) atoms. The summed E-state index contributed by atoms with van der Waals surface area (Å²) < 4.78 is 18.1. The molecule has 4 nitrogen and oxygen atoms in total. The van der Waals surface area contributed by atoms with Crippen molar-refractivity contribution in [1.29, 1.82) is 0 Å². The molecule has 0 aliphatic carbocycles. The molecule has 0 saturated heterocycles. The lowest BCUT2D eigenvalue weighted by molar-refractivity contribution is -0.127. The van der Waals surface area contributed by atoms with E-state index in [9.17, 15) is 9.18 Å². The standard InChI is InChI=1S/C12H17FN2O2/c1-4-15(2)12(16)8-14-9-5-6-11(17-3)10(13)7-9/h5-7,14H,4,8H2,1-3H3. The molecule has 1 aromatic rings. The van der Waals surface area contributed by atoms with Crippen LogP contribution in [-0.4, -0.2) is 38.1 Å². The van der Waals surface area contributed by atoms with Crippen LogP contribution < -0.4 is 10.1 Å². The second kappa shape index (κ2) is 6.08. The number of benzene rings is 1. The molecule has 0 spiro atoms. The lowest BCUT2D eigenvalue weighted by Crippen LogP contribution is -2.31. The lowest BCUT2D eigenvalue weighted by atomic mass is 10.3. The predicted molar refractivity (Wildman–Crippen MR) is 64.8 cm³/mol. The van der Waals surface area contributed by atoms with E-state index >= 15 is 0 Å². The third kappa shape index (κ3) is 3.62. The largest absolute Gasteiger partial charge is 0.494 e. The molecular formula is C12H17FN2O2. The van der Waals surface area contributed by atoms with Crippen molar-refractivity contribution in [1.82, 2.24) is 4.90 Å². The number of halogens is 1. The Morgan fingerprint density at radius 3 is 2.76 bits per heavy atom. The van der Waals surface area contributed by atoms with Crippen molar-refractivity contribution in [3.63, 3.8) is 0 Å². The maximum atomic E-state index is 13.3. The molecule has 0 aliphatic rings. The number of amides is 1. The van der Waals surface area contributed by atoms with E-state index in [4.69, 9.17) is 4.74 Å². The van der Waals surface area contributed by atoms with Crippen molar-refractivity contribution in [3.8, 4) is 5.75 Å². The number of ether oxygens (including phenoxy) is 1. The van der Waals surface area contributed by atoms with E-state index in [0.29, 0.717) is 12.2 Å². The van der Waals surface area contributed by atoms with E-state index in [2.05, 4.69) is 5.32 Å². The third-order valence-electron chi connectivity index (χ3n) is 2.50. The van der Waals surface area contributed by atoms with Crippen LogP contribution in [0.2, 0.25) is 0 Å². The van der Waals surface area contributed by atoms with Gasteiger partial charge in [0.2, 0.25) is 5.91 Å². The minimum absolute atomic E-state index is 0.0382. The molecule has 0 radical (unpaired) electrons. The zero-order valence-corrected chi connectivity index (χ0v) is 10.3. The van der Waals surface area contributed by atoms with Gasteiger partial charge in [-0.3, -0.25) is 4.79 Å². The molecule has 0 saturated carbocycles. The first-order valence-corrected chi connectivity index (χ1v) is 5.39. The molecule has 5 heteroatoms. The Morgan fingerprint density at radius 2 is 2.24 bits per heavy atom. The molecule has 0 bridgehead atoms. The summed E-state index contributed by atoms with van der Waals surface area (Å²) in [5.74, 6) is -0.301. The van der Waals surface area contributed by atoms with Gasteiger partial charge in [0, 0.05) is 25.3 Å². The number of rotatable bonds is 5. The Morgan fingerprint density at radius 1 is 1.53 bits per heavy atom. The van der Waals surface area contributed by atoms with Crippen LogP contribution in [0.3, 0.4) is 0 Å². The highest BCUT2D eigenvalue weighted by Gasteiger charge is 2.07. The van der Waals surface area contributed by atoms with Gasteiger partial charge in [0.1, 0.15) is 0 Å². The first kappa shape index (κ1) is 13.3. The van der Waals surface area contributed by atoms with Crippen molar-refractivity contribution in [2.24, 2.45) is 0 Å². The summed E-state index contributed by atoms with van der Waals surface area (Å²) in [4.78, 5) is 13.1. The number of nitrogens with zero attached hydrogens (tertiary/aromatic N) is 1. The SMILES string of the molecule is CCN(C)C(=O)CNc1ccc(OC)c(F)c1. The van der Waals surface area contributed by atoms with E-state index < -0.39 is 5.82 Å². The topological polar surface area (TPSA) is 41.6 Å². The van der Waals surface area contributed by atoms with Crippen LogP contribution >= 0.6 is 0 Å². The Kier molecular flexibility index (Phi) is 4.75. The molecule has 1 aromatic carbocycles. The van der Waals surface area contributed by atoms with E-state index in [0.717, 1.165) is 0 Å². The average Bonchev–Trinajstić information content (AvgIpc) is 2.35. The Balaban J connectivity index is 2.58. The molecule has 0 unspecified atom stereocenters. The quantitative estimate of drug-likeness (QED) is 0.852. The van der Waals surface area contributed by atoms with E-state index in [1.807, 2.05) is 6.92 Å². The number of hydrogen-bond acceptors (Lipinski definition) is 3. The minimum atomic E-state index is -0.450. The first-order valence-electron chi connectivity index (χ1n) is 5.39. The molecule has 0 aliphatic heterocycles. The highest BCUT2D eigenvalue weighted by atomic mass is 19.1. The van der Waals surface area contributed by atoms with Gasteiger partial charge in [-0.2, -0.15) is 0 Å². The van der Waals surface area contributed by atoms with Crippen molar-refractivity contribution in [3.05, 3.63) is 24.0 Å². The van der Waals surface area contributed by atoms with Crippen LogP contribution in [0.15, 0.2) is 18.2 Å². The van der Waals surface area contributed by atoms with Gasteiger partial charge in [0.15, 0.2) is 11.6 Å². The summed E-state index contributed by atoms with van der Waals surface area (Å²) in [5.41, 5.74) is 0.557. The maximum absolute atomic E-state index is 13.3. The fourth-order valence-electron chi connectivity index (χ4n) is 1.27. The third-order valence-corrected chi connectivity index (χ3v) is 2.50. The predicted octanol–water partition coefficient (Wildman–Crippen LogP) is 1.72. The number of methoxy groups -OCH3 is 1. The summed E-state index contributed by atoms with van der Waals surface area (Å²) in [5, 5.41) is 2.87. The van der Waals surface area contributed by atoms with Gasteiger partial charge in [0.25, 0.3) is 0 Å². The molecule has 94 valence electrons. The summed E-state index contributed by atoms with van der Waals surface area (Å²) >= 11 is 0. The number of likely N-dealkylation sites (N-methyl/N-ethyl adjacent to an activating group) is 1. The molecule has 0 atom stereocenters. The fraction of sp³-hybridized carbons (Fsp3) is 0.417. The minimum Gasteiger partial charge on any atom is -0.494 e. The number of hydrogen-bond donors (Lipinski definition) is 1. The van der Waals surface area contributed by atoms with Crippen LogP contribution in [0.4, 0.5) is 10.1 Å². The molecule has 0 heterocycles. The second-order valence-corrected chi connectivity index (χ2v) is 3.61. The lowest BCUT2D eigenvalue weighted by Gasteiger charge is -2.15. The Labute approximate surface area is 100 Å². The van der Waals surface area contributed by atoms with Crippen molar-refractivity contribution in [2.45, 2.75) is 6.92 Å². The van der Waals surface area contributed by atoms with Gasteiger partial charge >= 0.3 is 0 Å². The van der Waals surface area contributed by atoms with Crippen LogP contribution in [-0.2, 0) is 4.79 Å². The normalized spacial score (nSPS) is 9.88. The molecular weight excluding hydrogens is 223 g/mol. The second-order valence-electron chi connectivity index (χ2n) is 3.61. The van der Waals surface area contributed by atoms with E-state index in [1.54, 1.807) is 18.0 Å². The van der Waals surface area contributed by atoms with Crippen LogP contribution in [0.1, 0.15) is 6.92 Å². The number of carbonyl (C=O) groups excluding carboxylic acids is 1. The Bertz CT molecular complexity index is 396. The first-order chi connectivity index (χ1) is 8.08. The van der Waals surface area contributed by atoms with Crippen molar-refractivity contribution < 1.29 is 13.9 Å². The highest BCUT2D eigenvalue weighted by Crippen LogP contribution is 2.20. The van der Waals surface area contributed by atoms with Gasteiger partial charge in [-0.25, -0.2) is 4.39 Å². The summed E-state index contributed by atoms with van der Waals surface area (Å²) in [6.45, 7) is 2.69. The average molecular weight is 240 g/mol. The summed E-state index contributed by atoms with van der Waals surface area (Å²) in [6, 6.07) is 4.49. The van der Waals surface area contributed by atoms with E-state index in [-0.39, 0.29) is 18.2 Å². The monoisotopic (exact) mass is 240 g/mol. The summed E-state index contributed by atoms with van der Waals surface area (Å²) in [6.07, 6.45) is 0. The van der Waals surface area contributed by atoms with Crippen LogP contribution in [0, 0.1) is 5.82 Å². The number of carbonyl (C=O) groups is 1. The van der Waals surface area contributed by atoms with Crippen molar-refractivity contribution >= 4 is 11.6 Å². The zero-order chi connectivity index (χ0) is 12.8. The smallest absolute Gasteiger partial charge is 0.241 e. The molecule has 1 amide bonds. The Hall–Kier alpha value is -1.78. The van der Waals surface area contributed by atoms with Gasteiger partial charge in [-0.1, -0.05) is 0 Å². The van der Waals surface area contributed by atoms with Crippen LogP contribution in [0.25, 0.3) is 0 Å². The van der Waals surface area contributed by atoms with E-state index in [1.165, 1.54) is 19.2 Å². The zero-order valence-electron chi connectivity index (χ0n) is 10.3. The summed E-state index contributed by atoms with van der Waals surface area (Å²) in [7, 11) is 3.13. The number of nitrogens with one attached hydrogen (secondary N) is 1. The highest BCUT2D eigenvalue weighted by molar-refractivity contribution is 5.80. The molecule has 0 fully saturated rings. The maximum Gasteiger partial charge on any atom is 0.241 e. The molecule has 1 N–H and O–H groups in total. The van der Waals surface area contributed by atoms with Crippen molar-refractivity contribution in [2.75, 3.05) is 32.6 Å². The fourth-order valence-corrected chi connectivity index (χ4v) is 1.27. The van der Waals surface area contributed by atoms with Gasteiger partial charge in [-0.15, -0.1) is 0 Å². The molecule has 1 rings (SSSR count). The molecule has 0 aromatic heterocycles. The van der Waals surface area contributed by atoms with Crippen LogP contribution in [0.5, 0.6) is 5.75 Å². The number of anilines is 1.